The Hall–Kier alpha value is 0.939. The van der Waals surface area contributed by atoms with Gasteiger partial charge in [0.1, 0.15) is 0 Å². The number of hydrogen-bond donors (Lipinski definition) is 0. The molecule has 0 saturated carbocycles. The summed E-state index contributed by atoms with van der Waals surface area (Å²) in [6.45, 7) is 19.8. The molecule has 2 heterocycles. The summed E-state index contributed by atoms with van der Waals surface area (Å²) >= 11 is 14.1. The summed E-state index contributed by atoms with van der Waals surface area (Å²) in [7, 11) is 4.40. The first-order chi connectivity index (χ1) is 11.8. The predicted octanol–water partition coefficient (Wildman–Crippen LogP) is 3.38. The van der Waals surface area contributed by atoms with Gasteiger partial charge in [0, 0.05) is 62.4 Å². The van der Waals surface area contributed by atoms with Gasteiger partial charge in [-0.2, -0.15) is 0 Å². The average Bonchev–Trinajstić information content (AvgIpc) is 2.53. The normalized spacial score (nSPS) is 38.0. The van der Waals surface area contributed by atoms with E-state index in [-0.39, 0.29) is 34.2 Å². The Kier molecular flexibility index (Phi) is 9.03. The molecule has 4 nitrogen and oxygen atoms in total. The summed E-state index contributed by atoms with van der Waals surface area (Å²) in [4.78, 5) is 10.00. The van der Waals surface area contributed by atoms with E-state index in [1.54, 1.807) is 0 Å². The summed E-state index contributed by atoms with van der Waals surface area (Å²) in [5, 5.41) is 0. The van der Waals surface area contributed by atoms with Gasteiger partial charge >= 0.3 is 17.1 Å². The third-order valence-electron chi connectivity index (χ3n) is 7.35. The van der Waals surface area contributed by atoms with Crippen LogP contribution in [0.2, 0.25) is 0 Å². The van der Waals surface area contributed by atoms with Crippen LogP contribution < -0.4 is 0 Å². The van der Waals surface area contributed by atoms with E-state index in [1.165, 1.54) is 6.42 Å². The summed E-state index contributed by atoms with van der Waals surface area (Å²) in [6, 6.07) is 0.631. The first kappa shape index (κ1) is 26.0. The van der Waals surface area contributed by atoms with Crippen molar-refractivity contribution in [1.82, 2.24) is 19.6 Å². The Labute approximate surface area is 188 Å². The number of likely N-dealkylation sites (N-methyl/N-ethyl adjacent to an activating group) is 2. The number of nitrogens with zero attached hydrogens (tertiary/aromatic N) is 4. The molecule has 2 aliphatic heterocycles. The number of rotatable bonds is 0. The van der Waals surface area contributed by atoms with Gasteiger partial charge in [-0.3, -0.25) is 19.6 Å². The molecule has 0 spiro atoms. The average molecular weight is 462 g/mol. The molecule has 2 aliphatic rings. The molecule has 0 aliphatic carbocycles. The third-order valence-corrected chi connectivity index (χ3v) is 8.90. The minimum Gasteiger partial charge on any atom is -0.300 e. The van der Waals surface area contributed by atoms with Crippen molar-refractivity contribution in [3.8, 4) is 0 Å². The molecule has 2 rings (SSSR count). The molecular formula is C20H40Cl2MnN4+2. The van der Waals surface area contributed by atoms with Crippen LogP contribution in [0.3, 0.4) is 0 Å². The van der Waals surface area contributed by atoms with E-state index >= 15 is 0 Å². The maximum atomic E-state index is 7.05. The molecule has 0 aromatic rings. The fraction of sp³-hybridized carbons (Fsp3) is 1.00. The molecule has 0 amide bonds. The molecule has 159 valence electrons. The van der Waals surface area contributed by atoms with Crippen molar-refractivity contribution in [1.29, 1.82) is 0 Å². The minimum absolute atomic E-state index is 0. The number of hydrogen-bond acceptors (Lipinski definition) is 4. The largest absolute Gasteiger partial charge is 2.00 e. The maximum absolute atomic E-state index is 7.05. The zero-order chi connectivity index (χ0) is 19.9. The van der Waals surface area contributed by atoms with E-state index in [1.807, 2.05) is 0 Å². The molecule has 1 radical (unpaired) electrons. The van der Waals surface area contributed by atoms with E-state index < -0.39 is 4.33 Å². The topological polar surface area (TPSA) is 13.0 Å². The van der Waals surface area contributed by atoms with Crippen LogP contribution in [-0.4, -0.2) is 100 Å². The third kappa shape index (κ3) is 5.35. The van der Waals surface area contributed by atoms with Gasteiger partial charge in [-0.1, -0.05) is 23.2 Å². The van der Waals surface area contributed by atoms with Crippen molar-refractivity contribution in [2.75, 3.05) is 53.4 Å². The first-order valence-electron chi connectivity index (χ1n) is 10.1. The van der Waals surface area contributed by atoms with Gasteiger partial charge in [0.2, 0.25) is 0 Å². The monoisotopic (exact) mass is 461 g/mol. The van der Waals surface area contributed by atoms with Crippen molar-refractivity contribution >= 4 is 23.2 Å². The second-order valence-corrected chi connectivity index (χ2v) is 11.0. The van der Waals surface area contributed by atoms with Gasteiger partial charge in [0.25, 0.3) is 0 Å². The Bertz CT molecular complexity index is 485. The van der Waals surface area contributed by atoms with Crippen LogP contribution >= 0.6 is 23.2 Å². The fourth-order valence-corrected chi connectivity index (χ4v) is 5.10. The van der Waals surface area contributed by atoms with Crippen molar-refractivity contribution in [2.45, 2.75) is 75.5 Å². The van der Waals surface area contributed by atoms with Gasteiger partial charge < -0.3 is 0 Å². The molecule has 0 aromatic heterocycles. The van der Waals surface area contributed by atoms with Crippen LogP contribution in [0.1, 0.15) is 48.0 Å². The maximum Gasteiger partial charge on any atom is 2.00 e. The predicted molar refractivity (Wildman–Crippen MR) is 115 cm³/mol. The molecule has 2 saturated heterocycles. The standard InChI is InChI=1S/C20H40Cl2N4.Mn/c1-16-15-18(3,4)24(8)10-13-26-14-12-25(16)11-9-23(7)17(2)20(21,22)19(26,5)6;/h16-17H,9-15H2,1-8H3;/q;+2. The zero-order valence-corrected chi connectivity index (χ0v) is 21.2. The number of fused-ring (bicyclic) bond motifs is 3. The van der Waals surface area contributed by atoms with Gasteiger partial charge in [0.15, 0.2) is 4.33 Å². The van der Waals surface area contributed by atoms with Crippen LogP contribution in [0, 0.1) is 0 Å². The summed E-state index contributed by atoms with van der Waals surface area (Å²) in [5.74, 6) is 0. The van der Waals surface area contributed by atoms with Crippen LogP contribution in [-0.2, 0) is 17.1 Å². The summed E-state index contributed by atoms with van der Waals surface area (Å²) in [6.07, 6.45) is 1.18. The Balaban J connectivity index is 0.00000364. The van der Waals surface area contributed by atoms with Crippen molar-refractivity contribution in [2.24, 2.45) is 0 Å². The molecule has 0 N–H and O–H groups in total. The summed E-state index contributed by atoms with van der Waals surface area (Å²) < 4.78 is -0.840. The number of halogens is 2. The second kappa shape index (κ2) is 9.39. The molecule has 4 atom stereocenters. The van der Waals surface area contributed by atoms with Crippen LogP contribution in [0.25, 0.3) is 0 Å². The zero-order valence-electron chi connectivity index (χ0n) is 18.5. The second-order valence-electron chi connectivity index (χ2n) is 9.65. The first-order valence-corrected chi connectivity index (χ1v) is 10.8. The molecular weight excluding hydrogens is 422 g/mol. The van der Waals surface area contributed by atoms with Crippen molar-refractivity contribution in [3.63, 3.8) is 0 Å². The molecule has 7 heteroatoms. The van der Waals surface area contributed by atoms with Gasteiger partial charge in [-0.05, 0) is 62.1 Å². The SMILES string of the molecule is CC1CC(C)(C)N(C)CCN2CCN1CCN(C)C(C)C(Cl)(Cl)C2(C)C.[Mn+2]. The summed E-state index contributed by atoms with van der Waals surface area (Å²) in [5.41, 5.74) is -0.145. The molecule has 27 heavy (non-hydrogen) atoms. The van der Waals surface area contributed by atoms with Gasteiger partial charge in [-0.15, -0.1) is 0 Å². The van der Waals surface area contributed by atoms with Crippen molar-refractivity contribution in [3.05, 3.63) is 0 Å². The van der Waals surface area contributed by atoms with E-state index in [0.717, 1.165) is 39.3 Å². The van der Waals surface area contributed by atoms with E-state index in [2.05, 4.69) is 75.2 Å². The molecule has 0 aromatic carbocycles. The van der Waals surface area contributed by atoms with E-state index in [0.29, 0.717) is 6.04 Å². The van der Waals surface area contributed by atoms with E-state index in [9.17, 15) is 0 Å². The van der Waals surface area contributed by atoms with Crippen LogP contribution in [0.5, 0.6) is 0 Å². The Morgan fingerprint density at radius 2 is 1.33 bits per heavy atom. The number of alkyl halides is 2. The Morgan fingerprint density at radius 1 is 0.815 bits per heavy atom. The fourth-order valence-electron chi connectivity index (χ4n) is 4.53. The minimum atomic E-state index is -0.840. The van der Waals surface area contributed by atoms with Gasteiger partial charge in [0.05, 0.1) is 0 Å². The van der Waals surface area contributed by atoms with Gasteiger partial charge in [-0.25, -0.2) is 0 Å². The van der Waals surface area contributed by atoms with Crippen LogP contribution in [0.15, 0.2) is 0 Å². The quantitative estimate of drug-likeness (QED) is 0.404. The van der Waals surface area contributed by atoms with E-state index in [4.69, 9.17) is 23.2 Å². The molecule has 4 unspecified atom stereocenters. The Morgan fingerprint density at radius 3 is 1.93 bits per heavy atom. The smallest absolute Gasteiger partial charge is 0.300 e. The van der Waals surface area contributed by atoms with Crippen molar-refractivity contribution < 1.29 is 17.1 Å². The molecule has 2 bridgehead atoms. The molecule has 2 fully saturated rings. The van der Waals surface area contributed by atoms with Crippen LogP contribution in [0.4, 0.5) is 0 Å².